The highest BCUT2D eigenvalue weighted by atomic mass is 16.5. The zero-order chi connectivity index (χ0) is 15.9. The van der Waals surface area contributed by atoms with Gasteiger partial charge in [0.2, 0.25) is 0 Å². The molecular formula is C19H24O3. The van der Waals surface area contributed by atoms with Gasteiger partial charge in [-0.25, -0.2) is 0 Å². The molecule has 118 valence electrons. The van der Waals surface area contributed by atoms with Crippen LogP contribution in [0.25, 0.3) is 0 Å². The normalized spacial score (nSPS) is 37.7. The summed E-state index contributed by atoms with van der Waals surface area (Å²) in [5, 5.41) is 10.7. The van der Waals surface area contributed by atoms with Gasteiger partial charge in [0.1, 0.15) is 11.5 Å². The smallest absolute Gasteiger partial charge is 0.139 e. The van der Waals surface area contributed by atoms with Crippen molar-refractivity contribution in [1.82, 2.24) is 0 Å². The number of rotatable bonds is 3. The molecule has 5 atom stereocenters. The molecule has 0 saturated heterocycles. The van der Waals surface area contributed by atoms with Gasteiger partial charge in [-0.15, -0.1) is 6.58 Å². The predicted molar refractivity (Wildman–Crippen MR) is 85.9 cm³/mol. The maximum atomic E-state index is 12.3. The minimum Gasteiger partial charge on any atom is -0.497 e. The molecule has 2 aliphatic carbocycles. The molecule has 0 bridgehead atoms. The fourth-order valence-electron chi connectivity index (χ4n) is 4.63. The summed E-state index contributed by atoms with van der Waals surface area (Å²) in [7, 11) is 1.65. The van der Waals surface area contributed by atoms with Crippen LogP contribution in [-0.2, 0) is 4.79 Å². The second-order valence-corrected chi connectivity index (χ2v) is 6.87. The van der Waals surface area contributed by atoms with Crippen molar-refractivity contribution in [2.45, 2.75) is 38.2 Å². The average Bonchev–Trinajstić information content (AvgIpc) is 2.81. The van der Waals surface area contributed by atoms with Gasteiger partial charge in [-0.1, -0.05) is 25.1 Å². The number of fused-ring (bicyclic) bond motifs is 1. The largest absolute Gasteiger partial charge is 0.497 e. The van der Waals surface area contributed by atoms with E-state index in [-0.39, 0.29) is 23.2 Å². The lowest BCUT2D eigenvalue weighted by molar-refractivity contribution is -0.132. The summed E-state index contributed by atoms with van der Waals surface area (Å²) < 4.78 is 5.21. The van der Waals surface area contributed by atoms with Crippen LogP contribution in [-0.4, -0.2) is 24.1 Å². The van der Waals surface area contributed by atoms with Crippen molar-refractivity contribution in [1.29, 1.82) is 0 Å². The lowest BCUT2D eigenvalue weighted by Gasteiger charge is -2.47. The Hall–Kier alpha value is -1.61. The van der Waals surface area contributed by atoms with Crippen molar-refractivity contribution in [3.05, 3.63) is 42.5 Å². The number of allylic oxidation sites excluding steroid dienone is 1. The fraction of sp³-hybridized carbons (Fsp3) is 0.526. The van der Waals surface area contributed by atoms with Crippen molar-refractivity contribution < 1.29 is 14.6 Å². The van der Waals surface area contributed by atoms with E-state index in [1.54, 1.807) is 7.11 Å². The predicted octanol–water partition coefficient (Wildman–Crippen LogP) is 3.33. The Balaban J connectivity index is 1.97. The van der Waals surface area contributed by atoms with Crippen LogP contribution < -0.4 is 4.74 Å². The van der Waals surface area contributed by atoms with Crippen molar-refractivity contribution in [3.63, 3.8) is 0 Å². The second-order valence-electron chi connectivity index (χ2n) is 6.87. The van der Waals surface area contributed by atoms with Gasteiger partial charge in [-0.05, 0) is 42.4 Å². The quantitative estimate of drug-likeness (QED) is 0.871. The summed E-state index contributed by atoms with van der Waals surface area (Å²) >= 11 is 0. The Bertz CT molecular complexity index is 577. The van der Waals surface area contributed by atoms with Gasteiger partial charge in [0.05, 0.1) is 13.2 Å². The number of benzene rings is 1. The summed E-state index contributed by atoms with van der Waals surface area (Å²) in [5.74, 6) is 1.54. The van der Waals surface area contributed by atoms with Crippen LogP contribution in [0.15, 0.2) is 36.9 Å². The molecule has 3 heteroatoms. The first-order chi connectivity index (χ1) is 10.5. The first kappa shape index (κ1) is 15.3. The molecule has 2 aliphatic rings. The molecule has 0 spiro atoms. The van der Waals surface area contributed by atoms with E-state index in [0.29, 0.717) is 18.6 Å². The van der Waals surface area contributed by atoms with E-state index in [0.717, 1.165) is 17.7 Å². The molecule has 0 radical (unpaired) electrons. The van der Waals surface area contributed by atoms with E-state index >= 15 is 0 Å². The maximum Gasteiger partial charge on any atom is 0.139 e. The molecule has 0 aliphatic heterocycles. The number of hydrogen-bond donors (Lipinski definition) is 1. The molecule has 1 unspecified atom stereocenters. The molecule has 22 heavy (non-hydrogen) atoms. The number of Topliss-reactive ketones (excluding diaryl/α,β-unsaturated/α-hetero) is 1. The van der Waals surface area contributed by atoms with Crippen LogP contribution >= 0.6 is 0 Å². The van der Waals surface area contributed by atoms with Gasteiger partial charge in [0.15, 0.2) is 0 Å². The van der Waals surface area contributed by atoms with E-state index < -0.39 is 6.10 Å². The fourth-order valence-corrected chi connectivity index (χ4v) is 4.63. The number of methoxy groups -OCH3 is 1. The first-order valence-corrected chi connectivity index (χ1v) is 7.99. The van der Waals surface area contributed by atoms with Gasteiger partial charge in [-0.3, -0.25) is 4.79 Å². The SMILES string of the molecule is C=CC1[C@@H](c2ccc(OC)cc2)[C@@H](O)C[C@]2(C)C(=O)CC[C@@H]12. The Morgan fingerprint density at radius 3 is 2.64 bits per heavy atom. The molecule has 0 heterocycles. The van der Waals surface area contributed by atoms with Gasteiger partial charge < -0.3 is 9.84 Å². The zero-order valence-corrected chi connectivity index (χ0v) is 13.3. The summed E-state index contributed by atoms with van der Waals surface area (Å²) in [6.45, 7) is 6.02. The standard InChI is InChI=1S/C19H24O3/c1-4-14-15-9-10-17(21)19(15,2)11-16(20)18(14)12-5-7-13(22-3)8-6-12/h4-8,14-16,18,20H,1,9-11H2,2-3H3/t14?,15-,16-,18+,19-/m0/s1. The third-order valence-electron chi connectivity index (χ3n) is 5.84. The highest BCUT2D eigenvalue weighted by Gasteiger charge is 2.55. The van der Waals surface area contributed by atoms with Crippen LogP contribution in [0, 0.1) is 17.3 Å². The van der Waals surface area contributed by atoms with E-state index in [1.165, 1.54) is 0 Å². The van der Waals surface area contributed by atoms with Gasteiger partial charge in [0.25, 0.3) is 0 Å². The molecule has 2 saturated carbocycles. The number of ether oxygens (including phenoxy) is 1. The van der Waals surface area contributed by atoms with E-state index in [4.69, 9.17) is 4.74 Å². The highest BCUT2D eigenvalue weighted by molar-refractivity contribution is 5.87. The minimum absolute atomic E-state index is 0.00683. The Morgan fingerprint density at radius 2 is 2.05 bits per heavy atom. The average molecular weight is 300 g/mol. The van der Waals surface area contributed by atoms with Crippen molar-refractivity contribution >= 4 is 5.78 Å². The highest BCUT2D eigenvalue weighted by Crippen LogP contribution is 2.57. The second kappa shape index (κ2) is 5.54. The summed E-state index contributed by atoms with van der Waals surface area (Å²) in [5.41, 5.74) is 0.709. The number of hydrogen-bond acceptors (Lipinski definition) is 3. The van der Waals surface area contributed by atoms with Crippen LogP contribution in [0.1, 0.15) is 37.7 Å². The molecule has 3 rings (SSSR count). The molecule has 1 aromatic carbocycles. The lowest BCUT2D eigenvalue weighted by atomic mass is 9.58. The third-order valence-corrected chi connectivity index (χ3v) is 5.84. The van der Waals surface area contributed by atoms with Crippen LogP contribution in [0.3, 0.4) is 0 Å². The molecule has 1 aromatic rings. The van der Waals surface area contributed by atoms with Crippen molar-refractivity contribution in [3.8, 4) is 5.75 Å². The molecule has 2 fully saturated rings. The molecule has 0 aromatic heterocycles. The Morgan fingerprint density at radius 1 is 1.36 bits per heavy atom. The Kier molecular flexibility index (Phi) is 3.85. The Labute approximate surface area is 132 Å². The topological polar surface area (TPSA) is 46.5 Å². The van der Waals surface area contributed by atoms with E-state index in [2.05, 4.69) is 6.58 Å². The lowest BCUT2D eigenvalue weighted by Crippen LogP contribution is -2.46. The minimum atomic E-state index is -0.514. The monoisotopic (exact) mass is 300 g/mol. The zero-order valence-electron chi connectivity index (χ0n) is 13.3. The van der Waals surface area contributed by atoms with Crippen LogP contribution in [0.2, 0.25) is 0 Å². The molecule has 3 nitrogen and oxygen atoms in total. The van der Waals surface area contributed by atoms with Crippen molar-refractivity contribution in [2.24, 2.45) is 17.3 Å². The molecular weight excluding hydrogens is 276 g/mol. The molecule has 1 N–H and O–H groups in total. The first-order valence-electron chi connectivity index (χ1n) is 7.99. The molecule has 0 amide bonds. The number of aliphatic hydroxyl groups is 1. The van der Waals surface area contributed by atoms with Crippen LogP contribution in [0.5, 0.6) is 5.75 Å². The van der Waals surface area contributed by atoms with Gasteiger partial charge >= 0.3 is 0 Å². The van der Waals surface area contributed by atoms with E-state index in [1.807, 2.05) is 37.3 Å². The number of aliphatic hydroxyl groups excluding tert-OH is 1. The third kappa shape index (κ3) is 2.19. The summed E-state index contributed by atoms with van der Waals surface area (Å²) in [6, 6.07) is 7.89. The van der Waals surface area contributed by atoms with Gasteiger partial charge in [0, 0.05) is 17.8 Å². The van der Waals surface area contributed by atoms with Crippen molar-refractivity contribution in [2.75, 3.05) is 7.11 Å². The van der Waals surface area contributed by atoms with Crippen LogP contribution in [0.4, 0.5) is 0 Å². The summed E-state index contributed by atoms with van der Waals surface area (Å²) in [6.07, 6.45) is 3.52. The summed E-state index contributed by atoms with van der Waals surface area (Å²) in [4.78, 5) is 12.3. The van der Waals surface area contributed by atoms with E-state index in [9.17, 15) is 9.90 Å². The maximum absolute atomic E-state index is 12.3. The van der Waals surface area contributed by atoms with Gasteiger partial charge in [-0.2, -0.15) is 0 Å². The number of carbonyl (C=O) groups excluding carboxylic acids is 1. The number of carbonyl (C=O) groups is 1. The number of ketones is 1.